The Hall–Kier alpha value is -3.50. The maximum absolute atomic E-state index is 14.1. The molecule has 9 nitrogen and oxygen atoms in total. The average Bonchev–Trinajstić information content (AvgIpc) is 3.34. The van der Waals surface area contributed by atoms with Gasteiger partial charge in [-0.25, -0.2) is 9.18 Å². The number of aromatic nitrogens is 3. The van der Waals surface area contributed by atoms with Crippen LogP contribution in [0.1, 0.15) is 52.0 Å². The molecule has 1 amide bonds. The Kier molecular flexibility index (Phi) is 7.83. The summed E-state index contributed by atoms with van der Waals surface area (Å²) in [6, 6.07) is 12.9. The fourth-order valence-electron chi connectivity index (χ4n) is 5.99. The van der Waals surface area contributed by atoms with Crippen LogP contribution < -0.4 is 15.7 Å². The molecule has 40 heavy (non-hydrogen) atoms. The van der Waals surface area contributed by atoms with Crippen LogP contribution in [-0.4, -0.2) is 67.6 Å². The van der Waals surface area contributed by atoms with Gasteiger partial charge >= 0.3 is 5.69 Å². The lowest BCUT2D eigenvalue weighted by Crippen LogP contribution is -2.45. The van der Waals surface area contributed by atoms with Gasteiger partial charge in [-0.3, -0.25) is 14.3 Å². The minimum absolute atomic E-state index is 0.0196. The van der Waals surface area contributed by atoms with E-state index in [9.17, 15) is 19.1 Å². The number of benzene rings is 2. The van der Waals surface area contributed by atoms with E-state index in [4.69, 9.17) is 4.74 Å². The van der Waals surface area contributed by atoms with Gasteiger partial charge in [0.1, 0.15) is 6.54 Å². The number of piperidine rings is 1. The lowest BCUT2D eigenvalue weighted by atomic mass is 9.99. The molecule has 2 N–H and O–H groups in total. The molecule has 214 valence electrons. The van der Waals surface area contributed by atoms with Gasteiger partial charge in [-0.1, -0.05) is 12.1 Å². The minimum atomic E-state index is -0.533. The molecule has 0 radical (unpaired) electrons. The first-order valence-electron chi connectivity index (χ1n) is 13.9. The van der Waals surface area contributed by atoms with Crippen LogP contribution in [0.3, 0.4) is 0 Å². The number of ether oxygens (including phenoxy) is 1. The zero-order chi connectivity index (χ0) is 28.6. The number of halogens is 1. The lowest BCUT2D eigenvalue weighted by Gasteiger charge is -2.37. The van der Waals surface area contributed by atoms with E-state index in [1.807, 2.05) is 45.0 Å². The predicted molar refractivity (Wildman–Crippen MR) is 150 cm³/mol. The van der Waals surface area contributed by atoms with Crippen LogP contribution in [0.4, 0.5) is 4.39 Å². The van der Waals surface area contributed by atoms with E-state index < -0.39 is 17.0 Å². The molecule has 0 spiro atoms. The van der Waals surface area contributed by atoms with Crippen molar-refractivity contribution in [2.24, 2.45) is 0 Å². The van der Waals surface area contributed by atoms with Gasteiger partial charge in [-0.15, -0.1) is 5.10 Å². The van der Waals surface area contributed by atoms with Crippen LogP contribution in [0.15, 0.2) is 47.3 Å². The number of aliphatic hydroxyl groups is 1. The second-order valence-electron chi connectivity index (χ2n) is 11.9. The van der Waals surface area contributed by atoms with E-state index in [0.717, 1.165) is 44.2 Å². The quantitative estimate of drug-likeness (QED) is 0.446. The van der Waals surface area contributed by atoms with Gasteiger partial charge in [0, 0.05) is 29.7 Å². The molecule has 5 rings (SSSR count). The van der Waals surface area contributed by atoms with Crippen LogP contribution >= 0.6 is 0 Å². The Labute approximate surface area is 233 Å². The normalized spacial score (nSPS) is 21.0. The Bertz CT molecular complexity index is 1410. The Morgan fingerprint density at radius 3 is 2.42 bits per heavy atom. The van der Waals surface area contributed by atoms with Crippen LogP contribution in [0.25, 0.3) is 17.1 Å². The van der Waals surface area contributed by atoms with Crippen molar-refractivity contribution in [1.29, 1.82) is 0 Å². The second-order valence-corrected chi connectivity index (χ2v) is 11.9. The molecule has 3 aromatic rings. The summed E-state index contributed by atoms with van der Waals surface area (Å²) in [5, 5.41) is 17.5. The molecule has 2 unspecified atom stereocenters. The summed E-state index contributed by atoms with van der Waals surface area (Å²) in [5.41, 5.74) is 1.23. The zero-order valence-electron chi connectivity index (χ0n) is 23.6. The Morgan fingerprint density at radius 2 is 1.80 bits per heavy atom. The molecule has 2 aliphatic heterocycles. The second kappa shape index (κ2) is 11.2. The molecule has 2 aliphatic rings. The Balaban J connectivity index is 1.40. The van der Waals surface area contributed by atoms with Crippen molar-refractivity contribution in [2.45, 2.75) is 83.1 Å². The van der Waals surface area contributed by atoms with Crippen molar-refractivity contribution in [2.75, 3.05) is 13.7 Å². The van der Waals surface area contributed by atoms with Crippen LogP contribution in [0.5, 0.6) is 5.75 Å². The van der Waals surface area contributed by atoms with Crippen molar-refractivity contribution in [3.8, 4) is 22.8 Å². The van der Waals surface area contributed by atoms with Crippen LogP contribution in [0.2, 0.25) is 0 Å². The average molecular weight is 552 g/mol. The number of aliphatic hydroxyl groups excluding tert-OH is 1. The van der Waals surface area contributed by atoms with Gasteiger partial charge in [0.25, 0.3) is 0 Å². The number of hydrogen-bond donors (Lipinski definition) is 2. The molecule has 1 aromatic heterocycles. The van der Waals surface area contributed by atoms with Crippen LogP contribution in [0, 0.1) is 5.82 Å². The van der Waals surface area contributed by atoms with Gasteiger partial charge in [-0.2, -0.15) is 4.68 Å². The standard InChI is InChI=1S/C30H38FN5O4/c1-30(2,3)32-27(38)18-35-28(20-7-12-25(31)26(15-20)40-4)33-36(29(35)39)21-8-5-19(6-9-21)13-14-34-22-10-11-23(34)17-24(37)16-22/h5-9,12,15,22-24,37H,10-11,13-14,16-18H2,1-4H3,(H,32,38). The van der Waals surface area contributed by atoms with E-state index in [0.29, 0.717) is 23.3 Å². The van der Waals surface area contributed by atoms with Gasteiger partial charge in [-0.05, 0) is 88.8 Å². The smallest absolute Gasteiger partial charge is 0.351 e. The molecule has 3 heterocycles. The third-order valence-corrected chi connectivity index (χ3v) is 7.79. The largest absolute Gasteiger partial charge is 0.494 e. The molecule has 10 heteroatoms. The number of methoxy groups -OCH3 is 1. The topological polar surface area (TPSA) is 102 Å². The summed E-state index contributed by atoms with van der Waals surface area (Å²) < 4.78 is 21.8. The van der Waals surface area contributed by atoms with Gasteiger partial charge in [0.05, 0.1) is 18.9 Å². The van der Waals surface area contributed by atoms with Crippen LogP contribution in [-0.2, 0) is 17.8 Å². The summed E-state index contributed by atoms with van der Waals surface area (Å²) in [6.45, 7) is 6.29. The molecular weight excluding hydrogens is 513 g/mol. The van der Waals surface area contributed by atoms with E-state index in [1.165, 1.54) is 34.6 Å². The molecule has 2 bridgehead atoms. The highest BCUT2D eigenvalue weighted by molar-refractivity contribution is 5.77. The van der Waals surface area contributed by atoms with Crippen molar-refractivity contribution in [3.63, 3.8) is 0 Å². The number of hydrogen-bond acceptors (Lipinski definition) is 6. The number of rotatable bonds is 8. The number of nitrogens with zero attached hydrogens (tertiary/aromatic N) is 4. The fraction of sp³-hybridized carbons (Fsp3) is 0.500. The van der Waals surface area contributed by atoms with Crippen molar-refractivity contribution >= 4 is 5.91 Å². The lowest BCUT2D eigenvalue weighted by molar-refractivity contribution is -0.123. The molecule has 0 saturated carbocycles. The molecule has 2 fully saturated rings. The third-order valence-electron chi connectivity index (χ3n) is 7.79. The number of carbonyl (C=O) groups is 1. The first kappa shape index (κ1) is 28.0. The first-order valence-corrected chi connectivity index (χ1v) is 13.9. The van der Waals surface area contributed by atoms with Gasteiger partial charge in [0.15, 0.2) is 17.4 Å². The predicted octanol–water partition coefficient (Wildman–Crippen LogP) is 3.29. The highest BCUT2D eigenvalue weighted by atomic mass is 19.1. The Morgan fingerprint density at radius 1 is 1.12 bits per heavy atom. The number of carbonyl (C=O) groups excluding carboxylic acids is 1. The van der Waals surface area contributed by atoms with E-state index in [1.54, 1.807) is 0 Å². The van der Waals surface area contributed by atoms with E-state index >= 15 is 0 Å². The monoisotopic (exact) mass is 551 g/mol. The van der Waals surface area contributed by atoms with E-state index in [-0.39, 0.29) is 30.1 Å². The summed E-state index contributed by atoms with van der Waals surface area (Å²) in [6.07, 6.45) is 4.73. The number of nitrogens with one attached hydrogen (secondary N) is 1. The molecule has 2 saturated heterocycles. The highest BCUT2D eigenvalue weighted by Gasteiger charge is 2.39. The fourth-order valence-corrected chi connectivity index (χ4v) is 5.99. The number of fused-ring (bicyclic) bond motifs is 2. The summed E-state index contributed by atoms with van der Waals surface area (Å²) in [7, 11) is 1.37. The highest BCUT2D eigenvalue weighted by Crippen LogP contribution is 2.35. The van der Waals surface area contributed by atoms with Gasteiger partial charge in [0.2, 0.25) is 5.91 Å². The van der Waals surface area contributed by atoms with E-state index in [2.05, 4.69) is 15.3 Å². The maximum atomic E-state index is 14.1. The van der Waals surface area contributed by atoms with Gasteiger partial charge < -0.3 is 15.2 Å². The minimum Gasteiger partial charge on any atom is -0.494 e. The molecule has 2 aromatic carbocycles. The first-order chi connectivity index (χ1) is 19.0. The van der Waals surface area contributed by atoms with Crippen molar-refractivity contribution in [1.82, 2.24) is 24.6 Å². The molecule has 2 atom stereocenters. The SMILES string of the molecule is COc1cc(-c2nn(-c3ccc(CCN4C5CCC4CC(O)C5)cc3)c(=O)n2CC(=O)NC(C)(C)C)ccc1F. The summed E-state index contributed by atoms with van der Waals surface area (Å²) in [4.78, 5) is 28.9. The van der Waals surface area contributed by atoms with Crippen molar-refractivity contribution < 1.29 is 19.0 Å². The molecule has 0 aliphatic carbocycles. The molecular formula is C30H38FN5O4. The number of amides is 1. The maximum Gasteiger partial charge on any atom is 0.351 e. The summed E-state index contributed by atoms with van der Waals surface area (Å²) >= 11 is 0. The zero-order valence-corrected chi connectivity index (χ0v) is 23.6. The van der Waals surface area contributed by atoms with Crippen molar-refractivity contribution in [3.05, 3.63) is 64.3 Å². The summed E-state index contributed by atoms with van der Waals surface area (Å²) in [5.74, 6) is -0.612. The third kappa shape index (κ3) is 5.97.